The van der Waals surface area contributed by atoms with E-state index in [1.54, 1.807) is 49.5 Å². The van der Waals surface area contributed by atoms with Gasteiger partial charge in [0.2, 0.25) is 0 Å². The minimum atomic E-state index is -0.543. The highest BCUT2D eigenvalue weighted by molar-refractivity contribution is 8.18. The number of methoxy groups -OCH3 is 2. The van der Waals surface area contributed by atoms with Crippen LogP contribution < -0.4 is 15.2 Å². The minimum absolute atomic E-state index is 0.136. The monoisotopic (exact) mass is 441 g/mol. The third kappa shape index (κ3) is 6.09. The van der Waals surface area contributed by atoms with Crippen molar-refractivity contribution in [2.24, 2.45) is 10.7 Å². The van der Waals surface area contributed by atoms with Crippen molar-refractivity contribution in [3.63, 3.8) is 0 Å². The van der Waals surface area contributed by atoms with Crippen molar-refractivity contribution in [2.45, 2.75) is 0 Å². The van der Waals surface area contributed by atoms with Crippen LogP contribution in [0.4, 0.5) is 5.69 Å². The third-order valence-corrected chi connectivity index (χ3v) is 5.27. The zero-order chi connectivity index (χ0) is 22.2. The number of thioether (sulfide) groups is 1. The topological polar surface area (TPSA) is 103 Å². The second-order valence-electron chi connectivity index (χ2n) is 6.48. The molecule has 0 bridgehead atoms. The molecule has 0 unspecified atom stereocenters. The van der Waals surface area contributed by atoms with Crippen LogP contribution >= 0.6 is 11.8 Å². The molecule has 162 valence electrons. The SMILES string of the molecule is COCCN1C(=O)/C(=C/c2ccc(OCC(N)=O)cc2)SC1=Nc1ccc(OC)cc1. The number of amidine groups is 1. The van der Waals surface area contributed by atoms with Gasteiger partial charge < -0.3 is 19.9 Å². The fraction of sp³-hybridized carbons (Fsp3) is 0.227. The van der Waals surface area contributed by atoms with Crippen LogP contribution in [-0.4, -0.2) is 55.9 Å². The zero-order valence-corrected chi connectivity index (χ0v) is 18.1. The van der Waals surface area contributed by atoms with Gasteiger partial charge in [-0.3, -0.25) is 14.5 Å². The van der Waals surface area contributed by atoms with Gasteiger partial charge in [0.25, 0.3) is 11.8 Å². The summed E-state index contributed by atoms with van der Waals surface area (Å²) in [7, 11) is 3.19. The average Bonchev–Trinajstić information content (AvgIpc) is 3.06. The van der Waals surface area contributed by atoms with E-state index in [0.717, 1.165) is 17.0 Å². The fourth-order valence-electron chi connectivity index (χ4n) is 2.70. The van der Waals surface area contributed by atoms with Gasteiger partial charge in [-0.25, -0.2) is 4.99 Å². The van der Waals surface area contributed by atoms with Crippen molar-refractivity contribution in [1.29, 1.82) is 0 Å². The van der Waals surface area contributed by atoms with E-state index in [0.29, 0.717) is 29.0 Å². The van der Waals surface area contributed by atoms with Crippen LogP contribution in [0.3, 0.4) is 0 Å². The van der Waals surface area contributed by atoms with Crippen LogP contribution in [-0.2, 0) is 14.3 Å². The molecule has 1 fully saturated rings. The summed E-state index contributed by atoms with van der Waals surface area (Å²) in [5.41, 5.74) is 6.62. The van der Waals surface area contributed by atoms with Gasteiger partial charge in [-0.15, -0.1) is 0 Å². The van der Waals surface area contributed by atoms with Gasteiger partial charge in [-0.05, 0) is 59.8 Å². The van der Waals surface area contributed by atoms with Gasteiger partial charge in [0.15, 0.2) is 11.8 Å². The van der Waals surface area contributed by atoms with E-state index in [9.17, 15) is 9.59 Å². The average molecular weight is 442 g/mol. The van der Waals surface area contributed by atoms with Crippen molar-refractivity contribution >= 4 is 40.5 Å². The van der Waals surface area contributed by atoms with Crippen LogP contribution in [0.15, 0.2) is 58.4 Å². The lowest BCUT2D eigenvalue weighted by Crippen LogP contribution is -2.32. The van der Waals surface area contributed by atoms with Crippen LogP contribution in [0.25, 0.3) is 6.08 Å². The van der Waals surface area contributed by atoms with E-state index in [2.05, 4.69) is 4.99 Å². The lowest BCUT2D eigenvalue weighted by atomic mass is 10.2. The quantitative estimate of drug-likeness (QED) is 0.600. The Morgan fingerprint density at radius 2 is 1.77 bits per heavy atom. The second-order valence-corrected chi connectivity index (χ2v) is 7.49. The van der Waals surface area contributed by atoms with Crippen molar-refractivity contribution < 1.29 is 23.8 Å². The molecule has 2 aromatic rings. The molecular formula is C22H23N3O5S. The van der Waals surface area contributed by atoms with E-state index in [1.807, 2.05) is 24.3 Å². The molecule has 0 spiro atoms. The summed E-state index contributed by atoms with van der Waals surface area (Å²) in [5, 5.41) is 0.583. The number of amides is 2. The highest BCUT2D eigenvalue weighted by Gasteiger charge is 2.33. The summed E-state index contributed by atoms with van der Waals surface area (Å²) in [5.74, 6) is 0.580. The number of rotatable bonds is 9. The summed E-state index contributed by atoms with van der Waals surface area (Å²) < 4.78 is 15.6. The van der Waals surface area contributed by atoms with Gasteiger partial charge in [-0.1, -0.05) is 12.1 Å². The minimum Gasteiger partial charge on any atom is -0.497 e. The lowest BCUT2D eigenvalue weighted by Gasteiger charge is -2.14. The number of carbonyl (C=O) groups excluding carboxylic acids is 2. The Kier molecular flexibility index (Phi) is 7.69. The van der Waals surface area contributed by atoms with Crippen LogP contribution in [0.5, 0.6) is 11.5 Å². The second kappa shape index (κ2) is 10.6. The smallest absolute Gasteiger partial charge is 0.266 e. The summed E-state index contributed by atoms with van der Waals surface area (Å²) in [4.78, 5) is 30.6. The molecule has 0 saturated carbocycles. The van der Waals surface area contributed by atoms with E-state index in [1.165, 1.54) is 11.8 Å². The van der Waals surface area contributed by atoms with Gasteiger partial charge in [0.1, 0.15) is 11.5 Å². The number of primary amides is 1. The third-order valence-electron chi connectivity index (χ3n) is 4.26. The summed E-state index contributed by atoms with van der Waals surface area (Å²) in [6.07, 6.45) is 1.79. The molecule has 1 heterocycles. The largest absolute Gasteiger partial charge is 0.497 e. The molecule has 9 heteroatoms. The fourth-order valence-corrected chi connectivity index (χ4v) is 3.73. The first-order valence-corrected chi connectivity index (χ1v) is 10.3. The number of hydrogen-bond donors (Lipinski definition) is 1. The molecule has 1 saturated heterocycles. The molecular weight excluding hydrogens is 418 g/mol. The Balaban J connectivity index is 1.81. The van der Waals surface area contributed by atoms with Crippen LogP contribution in [0.1, 0.15) is 5.56 Å². The van der Waals surface area contributed by atoms with Crippen LogP contribution in [0, 0.1) is 0 Å². The number of hydrogen-bond acceptors (Lipinski definition) is 7. The maximum absolute atomic E-state index is 13.0. The highest BCUT2D eigenvalue weighted by atomic mass is 32.2. The number of aliphatic imine (C=N–C) groups is 1. The van der Waals surface area contributed by atoms with Gasteiger partial charge in [-0.2, -0.15) is 0 Å². The first-order valence-electron chi connectivity index (χ1n) is 9.44. The molecule has 1 aliphatic heterocycles. The standard InChI is InChI=1S/C22H23N3O5S/c1-28-12-11-25-21(27)19(13-15-3-7-18(8-4-15)30-14-20(23)26)31-22(25)24-16-5-9-17(29-2)10-6-16/h3-10,13H,11-12,14H2,1-2H3,(H2,23,26)/b19-13-,24-22?. The summed E-state index contributed by atoms with van der Waals surface area (Å²) >= 11 is 1.30. The number of nitrogens with zero attached hydrogens (tertiary/aromatic N) is 2. The molecule has 2 amide bonds. The van der Waals surface area contributed by atoms with E-state index in [-0.39, 0.29) is 12.5 Å². The van der Waals surface area contributed by atoms with E-state index >= 15 is 0 Å². The maximum Gasteiger partial charge on any atom is 0.266 e. The molecule has 3 rings (SSSR count). The molecule has 8 nitrogen and oxygen atoms in total. The van der Waals surface area contributed by atoms with Crippen molar-refractivity contribution in [3.05, 3.63) is 59.0 Å². The summed E-state index contributed by atoms with van der Waals surface area (Å²) in [6, 6.07) is 14.3. The maximum atomic E-state index is 13.0. The van der Waals surface area contributed by atoms with E-state index < -0.39 is 5.91 Å². The Morgan fingerprint density at radius 3 is 2.39 bits per heavy atom. The summed E-state index contributed by atoms with van der Waals surface area (Å²) in [6.45, 7) is 0.607. The first kappa shape index (κ1) is 22.4. The normalized spacial score (nSPS) is 16.2. The Labute approximate surface area is 184 Å². The molecule has 2 aromatic carbocycles. The van der Waals surface area contributed by atoms with Crippen molar-refractivity contribution in [3.8, 4) is 11.5 Å². The number of carbonyl (C=O) groups is 2. The first-order chi connectivity index (χ1) is 15.0. The molecule has 31 heavy (non-hydrogen) atoms. The van der Waals surface area contributed by atoms with Crippen molar-refractivity contribution in [1.82, 2.24) is 4.90 Å². The Hall–Kier alpha value is -3.30. The number of nitrogens with two attached hydrogens (primary N) is 1. The predicted octanol–water partition coefficient (Wildman–Crippen LogP) is 2.81. The van der Waals surface area contributed by atoms with Crippen LogP contribution in [0.2, 0.25) is 0 Å². The molecule has 0 aliphatic carbocycles. The predicted molar refractivity (Wildman–Crippen MR) is 120 cm³/mol. The molecule has 0 aromatic heterocycles. The molecule has 2 N–H and O–H groups in total. The van der Waals surface area contributed by atoms with Crippen molar-refractivity contribution in [2.75, 3.05) is 34.0 Å². The molecule has 1 aliphatic rings. The van der Waals surface area contributed by atoms with Gasteiger partial charge >= 0.3 is 0 Å². The molecule has 0 radical (unpaired) electrons. The molecule has 0 atom stereocenters. The highest BCUT2D eigenvalue weighted by Crippen LogP contribution is 2.34. The lowest BCUT2D eigenvalue weighted by molar-refractivity contribution is -0.122. The number of ether oxygens (including phenoxy) is 3. The number of benzene rings is 2. The van der Waals surface area contributed by atoms with Gasteiger partial charge in [0.05, 0.1) is 30.9 Å². The zero-order valence-electron chi connectivity index (χ0n) is 17.2. The van der Waals surface area contributed by atoms with E-state index in [4.69, 9.17) is 19.9 Å². The Bertz CT molecular complexity index is 987. The Morgan fingerprint density at radius 1 is 1.10 bits per heavy atom. The van der Waals surface area contributed by atoms with Gasteiger partial charge in [0, 0.05) is 7.11 Å².